The molecule has 0 saturated heterocycles. The maximum atomic E-state index is 4.18. The number of hydrogen-bond acceptors (Lipinski definition) is 1. The van der Waals surface area contributed by atoms with Crippen molar-refractivity contribution in [2.75, 3.05) is 0 Å². The standard InChI is InChI=1S/C14H15N/c1-12-5-4-6-13(11-12)8-9-14-7-2-3-10-15-14/h2-3,6-7,10,12H,4-5,11H2,1H3. The van der Waals surface area contributed by atoms with Crippen molar-refractivity contribution in [2.45, 2.75) is 26.2 Å². The molecule has 15 heavy (non-hydrogen) atoms. The van der Waals surface area contributed by atoms with Crippen LogP contribution in [0.4, 0.5) is 0 Å². The molecule has 0 bridgehead atoms. The van der Waals surface area contributed by atoms with E-state index < -0.39 is 0 Å². The van der Waals surface area contributed by atoms with Crippen LogP contribution in [0.25, 0.3) is 0 Å². The topological polar surface area (TPSA) is 12.9 Å². The predicted molar refractivity (Wildman–Crippen MR) is 62.2 cm³/mol. The zero-order chi connectivity index (χ0) is 10.5. The lowest BCUT2D eigenvalue weighted by molar-refractivity contribution is 0.517. The van der Waals surface area contributed by atoms with E-state index in [9.17, 15) is 0 Å². The smallest absolute Gasteiger partial charge is 0.113 e. The highest BCUT2D eigenvalue weighted by atomic mass is 14.6. The van der Waals surface area contributed by atoms with Crippen molar-refractivity contribution in [3.63, 3.8) is 0 Å². The first kappa shape index (κ1) is 9.98. The van der Waals surface area contributed by atoms with Crippen molar-refractivity contribution >= 4 is 0 Å². The molecule has 1 aromatic rings. The average molecular weight is 197 g/mol. The molecule has 1 atom stereocenters. The SMILES string of the molecule is CC1CCC=C(C#Cc2ccccn2)C1. The minimum absolute atomic E-state index is 0.781. The molecule has 0 aliphatic heterocycles. The molecular weight excluding hydrogens is 182 g/mol. The molecule has 1 aromatic heterocycles. The first-order chi connectivity index (χ1) is 7.34. The van der Waals surface area contributed by atoms with Crippen molar-refractivity contribution in [3.05, 3.63) is 41.7 Å². The van der Waals surface area contributed by atoms with E-state index in [0.29, 0.717) is 0 Å². The van der Waals surface area contributed by atoms with Crippen molar-refractivity contribution in [3.8, 4) is 11.8 Å². The molecule has 1 unspecified atom stereocenters. The summed E-state index contributed by atoms with van der Waals surface area (Å²) in [5, 5.41) is 0. The number of pyridine rings is 1. The third-order valence-corrected chi connectivity index (χ3v) is 2.63. The normalized spacial score (nSPS) is 20.1. The van der Waals surface area contributed by atoms with Gasteiger partial charge in [0.2, 0.25) is 0 Å². The van der Waals surface area contributed by atoms with Crippen LogP contribution in [0.5, 0.6) is 0 Å². The third-order valence-electron chi connectivity index (χ3n) is 2.63. The summed E-state index contributed by atoms with van der Waals surface area (Å²) in [6.07, 6.45) is 7.64. The van der Waals surface area contributed by atoms with Gasteiger partial charge in [-0.15, -0.1) is 0 Å². The third kappa shape index (κ3) is 2.95. The molecule has 1 heterocycles. The first-order valence-electron chi connectivity index (χ1n) is 5.46. The Hall–Kier alpha value is -1.55. The van der Waals surface area contributed by atoms with Gasteiger partial charge in [-0.1, -0.05) is 25.0 Å². The second-order valence-corrected chi connectivity index (χ2v) is 4.08. The summed E-state index contributed by atoms with van der Waals surface area (Å²) in [5.41, 5.74) is 2.14. The first-order valence-corrected chi connectivity index (χ1v) is 5.46. The van der Waals surface area contributed by atoms with Gasteiger partial charge in [0.15, 0.2) is 0 Å². The van der Waals surface area contributed by atoms with Crippen LogP contribution in [0.3, 0.4) is 0 Å². The van der Waals surface area contributed by atoms with E-state index in [1.807, 2.05) is 18.2 Å². The van der Waals surface area contributed by atoms with E-state index in [1.165, 1.54) is 18.4 Å². The Balaban J connectivity index is 2.09. The highest BCUT2D eigenvalue weighted by Gasteiger charge is 2.08. The van der Waals surface area contributed by atoms with Gasteiger partial charge < -0.3 is 0 Å². The van der Waals surface area contributed by atoms with Gasteiger partial charge in [-0.3, -0.25) is 0 Å². The number of aromatic nitrogens is 1. The molecule has 0 N–H and O–H groups in total. The van der Waals surface area contributed by atoms with Gasteiger partial charge in [-0.25, -0.2) is 4.98 Å². The predicted octanol–water partition coefficient (Wildman–Crippen LogP) is 3.18. The van der Waals surface area contributed by atoms with E-state index in [2.05, 4.69) is 29.8 Å². The van der Waals surface area contributed by atoms with Crippen LogP contribution >= 0.6 is 0 Å². The molecule has 0 spiro atoms. The van der Waals surface area contributed by atoms with Crippen LogP contribution in [-0.2, 0) is 0 Å². The van der Waals surface area contributed by atoms with E-state index >= 15 is 0 Å². The Morgan fingerprint density at radius 1 is 1.33 bits per heavy atom. The Labute approximate surface area is 91.2 Å². The molecule has 0 radical (unpaired) electrons. The lowest BCUT2D eigenvalue weighted by Crippen LogP contribution is -2.01. The minimum atomic E-state index is 0.781. The number of allylic oxidation sites excluding steroid dienone is 2. The Kier molecular flexibility index (Phi) is 3.19. The summed E-state index contributed by atoms with van der Waals surface area (Å²) in [6, 6.07) is 5.82. The van der Waals surface area contributed by atoms with Crippen molar-refractivity contribution in [1.29, 1.82) is 0 Å². The van der Waals surface area contributed by atoms with Crippen LogP contribution in [0, 0.1) is 17.8 Å². The van der Waals surface area contributed by atoms with E-state index in [-0.39, 0.29) is 0 Å². The molecule has 2 rings (SSSR count). The molecular formula is C14H15N. The second-order valence-electron chi connectivity index (χ2n) is 4.08. The van der Waals surface area contributed by atoms with E-state index in [4.69, 9.17) is 0 Å². The van der Waals surface area contributed by atoms with Crippen LogP contribution in [0.2, 0.25) is 0 Å². The number of hydrogen-bond donors (Lipinski definition) is 0. The quantitative estimate of drug-likeness (QED) is 0.582. The maximum Gasteiger partial charge on any atom is 0.113 e. The van der Waals surface area contributed by atoms with Crippen molar-refractivity contribution < 1.29 is 0 Å². The fraction of sp³-hybridized carbons (Fsp3) is 0.357. The average Bonchev–Trinajstić information content (AvgIpc) is 2.28. The highest BCUT2D eigenvalue weighted by molar-refractivity contribution is 5.37. The minimum Gasteiger partial charge on any atom is -0.248 e. The molecule has 1 nitrogen and oxygen atoms in total. The fourth-order valence-corrected chi connectivity index (χ4v) is 1.79. The van der Waals surface area contributed by atoms with E-state index in [1.54, 1.807) is 6.20 Å². The lowest BCUT2D eigenvalue weighted by Gasteiger charge is -2.14. The van der Waals surface area contributed by atoms with Gasteiger partial charge in [-0.2, -0.15) is 0 Å². The lowest BCUT2D eigenvalue weighted by atomic mass is 9.90. The van der Waals surface area contributed by atoms with Crippen LogP contribution in [0.15, 0.2) is 36.0 Å². The summed E-state index contributed by atoms with van der Waals surface area (Å²) in [7, 11) is 0. The van der Waals surface area contributed by atoms with Gasteiger partial charge in [0.1, 0.15) is 5.69 Å². The zero-order valence-electron chi connectivity index (χ0n) is 9.03. The Morgan fingerprint density at radius 3 is 3.00 bits per heavy atom. The molecule has 1 aliphatic rings. The largest absolute Gasteiger partial charge is 0.248 e. The Morgan fingerprint density at radius 2 is 2.27 bits per heavy atom. The van der Waals surface area contributed by atoms with Crippen LogP contribution in [-0.4, -0.2) is 4.98 Å². The van der Waals surface area contributed by atoms with Gasteiger partial charge in [-0.05, 0) is 48.8 Å². The van der Waals surface area contributed by atoms with Crippen LogP contribution in [0.1, 0.15) is 31.9 Å². The van der Waals surface area contributed by atoms with Crippen molar-refractivity contribution in [2.24, 2.45) is 5.92 Å². The summed E-state index contributed by atoms with van der Waals surface area (Å²) in [5.74, 6) is 7.10. The second kappa shape index (κ2) is 4.79. The van der Waals surface area contributed by atoms with Gasteiger partial charge >= 0.3 is 0 Å². The number of nitrogens with zero attached hydrogens (tertiary/aromatic N) is 1. The summed E-state index contributed by atoms with van der Waals surface area (Å²) in [6.45, 7) is 2.29. The summed E-state index contributed by atoms with van der Waals surface area (Å²) in [4.78, 5) is 4.18. The van der Waals surface area contributed by atoms with Gasteiger partial charge in [0, 0.05) is 6.20 Å². The molecule has 0 amide bonds. The fourth-order valence-electron chi connectivity index (χ4n) is 1.79. The number of rotatable bonds is 0. The molecule has 0 fully saturated rings. The molecule has 0 saturated carbocycles. The molecule has 1 heteroatoms. The van der Waals surface area contributed by atoms with Crippen LogP contribution < -0.4 is 0 Å². The molecule has 1 aliphatic carbocycles. The van der Waals surface area contributed by atoms with Gasteiger partial charge in [0.25, 0.3) is 0 Å². The van der Waals surface area contributed by atoms with Crippen molar-refractivity contribution in [1.82, 2.24) is 4.98 Å². The molecule has 76 valence electrons. The summed E-state index contributed by atoms with van der Waals surface area (Å²) >= 11 is 0. The maximum absolute atomic E-state index is 4.18. The summed E-state index contributed by atoms with van der Waals surface area (Å²) < 4.78 is 0. The monoisotopic (exact) mass is 197 g/mol. The Bertz CT molecular complexity index is 406. The highest BCUT2D eigenvalue weighted by Crippen LogP contribution is 2.22. The van der Waals surface area contributed by atoms with Gasteiger partial charge in [0.05, 0.1) is 0 Å². The zero-order valence-corrected chi connectivity index (χ0v) is 9.03. The van der Waals surface area contributed by atoms with E-state index in [0.717, 1.165) is 18.0 Å². The molecule has 0 aromatic carbocycles.